The fraction of sp³-hybridized carbons (Fsp3) is 0.273. The van der Waals surface area contributed by atoms with E-state index in [2.05, 4.69) is 0 Å². The van der Waals surface area contributed by atoms with Crippen LogP contribution in [-0.2, 0) is 18.8 Å². The van der Waals surface area contributed by atoms with Crippen LogP contribution in [-0.4, -0.2) is 45.2 Å². The standard InChI is InChI=1S/C22H26NO4P/c1-25-15-13-23(14-16-26-2)28(24)17-21(19-9-5-3-6-10-19)27-22(18-28)20-11-7-4-8-12-20/h3-12,17-18H,13-16H2,1-2H3. The first-order valence-electron chi connectivity index (χ1n) is 9.23. The molecule has 5 nitrogen and oxygen atoms in total. The second kappa shape index (κ2) is 9.85. The molecule has 2 aromatic rings. The summed E-state index contributed by atoms with van der Waals surface area (Å²) in [5.41, 5.74) is 1.78. The van der Waals surface area contributed by atoms with Gasteiger partial charge in [0, 0.05) is 50.1 Å². The predicted octanol–water partition coefficient (Wildman–Crippen LogP) is 4.89. The van der Waals surface area contributed by atoms with Crippen molar-refractivity contribution < 1.29 is 18.8 Å². The number of hydrogen-bond acceptors (Lipinski definition) is 4. The van der Waals surface area contributed by atoms with Gasteiger partial charge in [-0.3, -0.25) is 4.57 Å². The van der Waals surface area contributed by atoms with Gasteiger partial charge in [-0.2, -0.15) is 0 Å². The molecule has 0 radical (unpaired) electrons. The lowest BCUT2D eigenvalue weighted by atomic mass is 10.2. The number of benzene rings is 2. The van der Waals surface area contributed by atoms with E-state index in [4.69, 9.17) is 14.2 Å². The normalized spacial score (nSPS) is 15.7. The number of rotatable bonds is 9. The number of ether oxygens (including phenoxy) is 3. The van der Waals surface area contributed by atoms with Crippen LogP contribution in [0.3, 0.4) is 0 Å². The third-order valence-electron chi connectivity index (χ3n) is 4.49. The van der Waals surface area contributed by atoms with E-state index in [-0.39, 0.29) is 0 Å². The van der Waals surface area contributed by atoms with Crippen LogP contribution in [0.25, 0.3) is 11.5 Å². The van der Waals surface area contributed by atoms with Crippen molar-refractivity contribution in [1.29, 1.82) is 0 Å². The molecular weight excluding hydrogens is 373 g/mol. The lowest BCUT2D eigenvalue weighted by molar-refractivity contribution is 0.150. The van der Waals surface area contributed by atoms with Gasteiger partial charge in [0.2, 0.25) is 7.29 Å². The zero-order valence-corrected chi connectivity index (χ0v) is 17.2. The fourth-order valence-electron chi connectivity index (χ4n) is 3.00. The summed E-state index contributed by atoms with van der Waals surface area (Å²) >= 11 is 0. The Hall–Kier alpha value is -2.17. The summed E-state index contributed by atoms with van der Waals surface area (Å²) in [6.45, 7) is 2.04. The molecule has 6 heteroatoms. The Kier molecular flexibility index (Phi) is 7.24. The number of hydrogen-bond donors (Lipinski definition) is 0. The third kappa shape index (κ3) is 5.00. The largest absolute Gasteiger partial charge is 0.456 e. The van der Waals surface area contributed by atoms with Gasteiger partial charge in [0.05, 0.1) is 13.2 Å². The molecule has 2 aromatic carbocycles. The van der Waals surface area contributed by atoms with Gasteiger partial charge in [-0.25, -0.2) is 4.67 Å². The average Bonchev–Trinajstić information content (AvgIpc) is 2.74. The van der Waals surface area contributed by atoms with Crippen molar-refractivity contribution >= 4 is 18.8 Å². The van der Waals surface area contributed by atoms with Crippen LogP contribution in [0.4, 0.5) is 0 Å². The highest BCUT2D eigenvalue weighted by atomic mass is 31.2. The van der Waals surface area contributed by atoms with Crippen molar-refractivity contribution in [3.05, 3.63) is 83.4 Å². The van der Waals surface area contributed by atoms with Crippen molar-refractivity contribution in [1.82, 2.24) is 4.67 Å². The van der Waals surface area contributed by atoms with Gasteiger partial charge in [-0.15, -0.1) is 0 Å². The average molecular weight is 399 g/mol. The van der Waals surface area contributed by atoms with Gasteiger partial charge in [0.25, 0.3) is 0 Å². The quantitative estimate of drug-likeness (QED) is 0.562. The first kappa shape index (κ1) is 20.6. The van der Waals surface area contributed by atoms with Crippen molar-refractivity contribution in [2.75, 3.05) is 40.5 Å². The Morgan fingerprint density at radius 3 is 1.61 bits per heavy atom. The van der Waals surface area contributed by atoms with Crippen LogP contribution in [0.15, 0.2) is 72.3 Å². The minimum absolute atomic E-state index is 0.484. The van der Waals surface area contributed by atoms with Crippen molar-refractivity contribution in [3.8, 4) is 0 Å². The highest BCUT2D eigenvalue weighted by Crippen LogP contribution is 2.59. The highest BCUT2D eigenvalue weighted by Gasteiger charge is 2.32. The van der Waals surface area contributed by atoms with E-state index in [1.165, 1.54) is 0 Å². The summed E-state index contributed by atoms with van der Waals surface area (Å²) in [6, 6.07) is 19.5. The second-order valence-electron chi connectivity index (χ2n) is 6.43. The first-order chi connectivity index (χ1) is 13.7. The van der Waals surface area contributed by atoms with E-state index < -0.39 is 7.29 Å². The molecule has 1 aliphatic rings. The van der Waals surface area contributed by atoms with E-state index in [1.807, 2.05) is 65.3 Å². The summed E-state index contributed by atoms with van der Waals surface area (Å²) < 4.78 is 32.7. The van der Waals surface area contributed by atoms with Crippen LogP contribution >= 0.6 is 7.29 Å². The third-order valence-corrected chi connectivity index (χ3v) is 6.98. The maximum atomic E-state index is 14.1. The lowest BCUT2D eigenvalue weighted by Crippen LogP contribution is -2.27. The van der Waals surface area contributed by atoms with Crippen molar-refractivity contribution in [3.63, 3.8) is 0 Å². The zero-order chi connectivity index (χ0) is 19.8. The fourth-order valence-corrected chi connectivity index (χ4v) is 5.26. The van der Waals surface area contributed by atoms with Gasteiger partial charge >= 0.3 is 0 Å². The van der Waals surface area contributed by atoms with Crippen LogP contribution in [0, 0.1) is 0 Å². The lowest BCUT2D eigenvalue weighted by Gasteiger charge is -2.31. The number of methoxy groups -OCH3 is 2. The van der Waals surface area contributed by atoms with E-state index in [0.717, 1.165) is 11.1 Å². The molecule has 0 unspecified atom stereocenters. The molecule has 148 valence electrons. The topological polar surface area (TPSA) is 48.0 Å². The van der Waals surface area contributed by atoms with Gasteiger partial charge in [0.1, 0.15) is 11.5 Å². The summed E-state index contributed by atoms with van der Waals surface area (Å²) in [5.74, 6) is 4.70. The zero-order valence-electron chi connectivity index (χ0n) is 16.3. The van der Waals surface area contributed by atoms with Crippen molar-refractivity contribution in [2.45, 2.75) is 0 Å². The van der Waals surface area contributed by atoms with Crippen LogP contribution < -0.4 is 0 Å². The monoisotopic (exact) mass is 399 g/mol. The Labute approximate surface area is 166 Å². The smallest absolute Gasteiger partial charge is 0.200 e. The minimum atomic E-state index is -3.00. The number of nitrogens with zero attached hydrogens (tertiary/aromatic N) is 1. The molecule has 0 spiro atoms. The van der Waals surface area contributed by atoms with E-state index in [9.17, 15) is 4.57 Å². The Morgan fingerprint density at radius 2 is 1.21 bits per heavy atom. The van der Waals surface area contributed by atoms with Crippen LogP contribution in [0.2, 0.25) is 0 Å². The summed E-state index contributed by atoms with van der Waals surface area (Å²) in [6.07, 6.45) is 0. The molecule has 0 bridgehead atoms. The molecule has 1 heterocycles. The molecule has 0 N–H and O–H groups in total. The molecule has 3 rings (SSSR count). The molecule has 0 saturated carbocycles. The molecule has 28 heavy (non-hydrogen) atoms. The Morgan fingerprint density at radius 1 is 0.786 bits per heavy atom. The summed E-state index contributed by atoms with van der Waals surface area (Å²) in [5, 5.41) is 0. The molecule has 0 saturated heterocycles. The molecule has 0 aromatic heterocycles. The van der Waals surface area contributed by atoms with Crippen LogP contribution in [0.5, 0.6) is 0 Å². The SMILES string of the molecule is COCCN(CCOC)P1(=O)C=C(c2ccccc2)OC(c2ccccc2)=C1. The predicted molar refractivity (Wildman–Crippen MR) is 113 cm³/mol. The van der Waals surface area contributed by atoms with Crippen LogP contribution in [0.1, 0.15) is 11.1 Å². The van der Waals surface area contributed by atoms with Gasteiger partial charge in [-0.1, -0.05) is 60.7 Å². The minimum Gasteiger partial charge on any atom is -0.456 e. The molecule has 0 aliphatic carbocycles. The maximum absolute atomic E-state index is 14.1. The van der Waals surface area contributed by atoms with Gasteiger partial charge in [0.15, 0.2) is 0 Å². The summed E-state index contributed by atoms with van der Waals surface area (Å²) in [4.78, 5) is 0. The van der Waals surface area contributed by atoms with E-state index in [1.54, 1.807) is 25.9 Å². The highest BCUT2D eigenvalue weighted by molar-refractivity contribution is 7.68. The van der Waals surface area contributed by atoms with Gasteiger partial charge in [-0.05, 0) is 0 Å². The molecule has 0 fully saturated rings. The molecule has 0 amide bonds. The maximum Gasteiger partial charge on any atom is 0.200 e. The summed E-state index contributed by atoms with van der Waals surface area (Å²) in [7, 11) is 0.286. The molecular formula is C22H26NO4P. The second-order valence-corrected chi connectivity index (χ2v) is 8.86. The molecule has 1 aliphatic heterocycles. The molecule has 0 atom stereocenters. The Balaban J connectivity index is 2.04. The first-order valence-corrected chi connectivity index (χ1v) is 11.0. The van der Waals surface area contributed by atoms with E-state index >= 15 is 0 Å². The van der Waals surface area contributed by atoms with E-state index in [0.29, 0.717) is 37.8 Å². The Bertz CT molecular complexity index is 797. The van der Waals surface area contributed by atoms with Crippen molar-refractivity contribution in [2.24, 2.45) is 0 Å². The van der Waals surface area contributed by atoms with Gasteiger partial charge < -0.3 is 14.2 Å².